The van der Waals surface area contributed by atoms with E-state index in [4.69, 9.17) is 5.26 Å². The van der Waals surface area contributed by atoms with Crippen LogP contribution in [0.25, 0.3) is 0 Å². The molecule has 2 aromatic rings. The minimum absolute atomic E-state index is 0.0448. The third-order valence-electron chi connectivity index (χ3n) is 3.51. The van der Waals surface area contributed by atoms with Gasteiger partial charge in [0.15, 0.2) is 0 Å². The van der Waals surface area contributed by atoms with Crippen LogP contribution in [0.3, 0.4) is 0 Å². The Kier molecular flexibility index (Phi) is 5.26. The lowest BCUT2D eigenvalue weighted by Crippen LogP contribution is -2.12. The minimum Gasteiger partial charge on any atom is -0.325 e. The normalized spacial score (nSPS) is 10.2. The van der Waals surface area contributed by atoms with Crippen LogP contribution < -0.4 is 5.32 Å². The number of nitrogens with one attached hydrogen (secondary N) is 1. The van der Waals surface area contributed by atoms with Gasteiger partial charge in [0.05, 0.1) is 36.6 Å². The maximum absolute atomic E-state index is 12.0. The van der Waals surface area contributed by atoms with Crippen molar-refractivity contribution in [1.29, 1.82) is 5.26 Å². The van der Waals surface area contributed by atoms with Gasteiger partial charge in [0.2, 0.25) is 5.91 Å². The molecule has 0 spiro atoms. The highest BCUT2D eigenvalue weighted by Crippen LogP contribution is 2.16. The van der Waals surface area contributed by atoms with Crippen LogP contribution in [-0.2, 0) is 17.8 Å². The quantitative estimate of drug-likeness (QED) is 0.887. The Labute approximate surface area is 129 Å². The second-order valence-corrected chi connectivity index (χ2v) is 5.07. The lowest BCUT2D eigenvalue weighted by molar-refractivity contribution is -0.116. The number of nitriles is 1. The summed E-state index contributed by atoms with van der Waals surface area (Å²) in [6.07, 6.45) is 4.74. The molecule has 114 valence electrons. The van der Waals surface area contributed by atoms with E-state index in [9.17, 15) is 4.79 Å². The predicted molar refractivity (Wildman–Crippen MR) is 83.1 cm³/mol. The number of anilines is 1. The van der Waals surface area contributed by atoms with Gasteiger partial charge in [0.25, 0.3) is 0 Å². The minimum atomic E-state index is -0.0448. The van der Waals surface area contributed by atoms with Crippen molar-refractivity contribution < 1.29 is 4.79 Å². The first-order valence-corrected chi connectivity index (χ1v) is 7.21. The highest BCUT2D eigenvalue weighted by atomic mass is 16.1. The third kappa shape index (κ3) is 3.92. The average molecular weight is 297 g/mol. The molecule has 0 bridgehead atoms. The van der Waals surface area contributed by atoms with Crippen molar-refractivity contribution in [1.82, 2.24) is 14.8 Å². The maximum Gasteiger partial charge on any atom is 0.224 e. The summed E-state index contributed by atoms with van der Waals surface area (Å²) in [5, 5.41) is 15.9. The first-order valence-electron chi connectivity index (χ1n) is 7.21. The summed E-state index contributed by atoms with van der Waals surface area (Å²) in [5.41, 5.74) is 3.73. The molecule has 1 N–H and O–H groups in total. The number of pyridine rings is 1. The molecule has 2 rings (SSSR count). The zero-order chi connectivity index (χ0) is 15.9. The van der Waals surface area contributed by atoms with Crippen molar-refractivity contribution in [3.63, 3.8) is 0 Å². The van der Waals surface area contributed by atoms with E-state index < -0.39 is 0 Å². The van der Waals surface area contributed by atoms with Gasteiger partial charge in [0, 0.05) is 18.3 Å². The summed E-state index contributed by atoms with van der Waals surface area (Å²) in [7, 11) is 0. The van der Waals surface area contributed by atoms with E-state index in [0.717, 1.165) is 17.0 Å². The van der Waals surface area contributed by atoms with E-state index in [1.54, 1.807) is 24.5 Å². The van der Waals surface area contributed by atoms with Crippen LogP contribution in [0.5, 0.6) is 0 Å². The zero-order valence-corrected chi connectivity index (χ0v) is 12.8. The second-order valence-electron chi connectivity index (χ2n) is 5.07. The van der Waals surface area contributed by atoms with Crippen molar-refractivity contribution in [3.05, 3.63) is 41.5 Å². The molecule has 0 aromatic carbocycles. The van der Waals surface area contributed by atoms with E-state index in [1.807, 2.05) is 18.5 Å². The van der Waals surface area contributed by atoms with Crippen molar-refractivity contribution in [2.24, 2.45) is 0 Å². The van der Waals surface area contributed by atoms with Gasteiger partial charge in [-0.2, -0.15) is 10.4 Å². The number of carbonyl (C=O) groups excluding carboxylic acids is 1. The molecule has 0 aliphatic heterocycles. The molecule has 0 aliphatic rings. The lowest BCUT2D eigenvalue weighted by atomic mass is 10.1. The number of aromatic nitrogens is 3. The van der Waals surface area contributed by atoms with Gasteiger partial charge in [-0.1, -0.05) is 0 Å². The predicted octanol–water partition coefficient (Wildman–Crippen LogP) is 2.38. The number of amides is 1. The van der Waals surface area contributed by atoms with Gasteiger partial charge >= 0.3 is 0 Å². The van der Waals surface area contributed by atoms with E-state index >= 15 is 0 Å². The van der Waals surface area contributed by atoms with Crippen molar-refractivity contribution >= 4 is 11.6 Å². The van der Waals surface area contributed by atoms with Gasteiger partial charge in [-0.15, -0.1) is 0 Å². The average Bonchev–Trinajstić information content (AvgIpc) is 2.78. The number of hydrogen-bond acceptors (Lipinski definition) is 4. The van der Waals surface area contributed by atoms with Crippen LogP contribution in [0, 0.1) is 25.2 Å². The molecule has 22 heavy (non-hydrogen) atoms. The van der Waals surface area contributed by atoms with E-state index in [1.165, 1.54) is 0 Å². The molecule has 0 atom stereocenters. The molecule has 6 nitrogen and oxygen atoms in total. The number of rotatable bonds is 6. The van der Waals surface area contributed by atoms with E-state index in [-0.39, 0.29) is 5.91 Å². The summed E-state index contributed by atoms with van der Waals surface area (Å²) in [6.45, 7) is 4.50. The summed E-state index contributed by atoms with van der Waals surface area (Å²) in [4.78, 5) is 15.9. The Morgan fingerprint density at radius 1 is 1.45 bits per heavy atom. The Balaban J connectivity index is 1.95. The molecule has 2 heterocycles. The van der Waals surface area contributed by atoms with Crippen molar-refractivity contribution in [3.8, 4) is 6.07 Å². The second kappa shape index (κ2) is 7.36. The molecule has 6 heteroatoms. The van der Waals surface area contributed by atoms with Gasteiger partial charge in [-0.05, 0) is 38.0 Å². The standard InChI is InChI=1S/C16H19N5O/c1-12-15(13(2)21(20-12)10-4-8-17)6-7-16(22)19-14-5-3-9-18-11-14/h3,5,9,11H,4,6-7,10H2,1-2H3,(H,19,22). The number of nitrogens with zero attached hydrogens (tertiary/aromatic N) is 4. The fraction of sp³-hybridized carbons (Fsp3) is 0.375. The fourth-order valence-electron chi connectivity index (χ4n) is 2.37. The third-order valence-corrected chi connectivity index (χ3v) is 3.51. The molecule has 0 unspecified atom stereocenters. The number of hydrogen-bond donors (Lipinski definition) is 1. The molecule has 2 aromatic heterocycles. The molecule has 0 fully saturated rings. The smallest absolute Gasteiger partial charge is 0.224 e. The van der Waals surface area contributed by atoms with E-state index in [2.05, 4.69) is 21.5 Å². The summed E-state index contributed by atoms with van der Waals surface area (Å²) >= 11 is 0. The number of aryl methyl sites for hydroxylation is 2. The summed E-state index contributed by atoms with van der Waals surface area (Å²) in [5.74, 6) is -0.0448. The largest absolute Gasteiger partial charge is 0.325 e. The van der Waals surface area contributed by atoms with Gasteiger partial charge in [-0.3, -0.25) is 14.5 Å². The summed E-state index contributed by atoms with van der Waals surface area (Å²) < 4.78 is 1.84. The lowest BCUT2D eigenvalue weighted by Gasteiger charge is -2.05. The molecular formula is C16H19N5O. The van der Waals surface area contributed by atoms with Crippen LogP contribution >= 0.6 is 0 Å². The van der Waals surface area contributed by atoms with Crippen LogP contribution in [0.4, 0.5) is 5.69 Å². The topological polar surface area (TPSA) is 83.6 Å². The first kappa shape index (κ1) is 15.7. The highest BCUT2D eigenvalue weighted by molar-refractivity contribution is 5.90. The van der Waals surface area contributed by atoms with Crippen LogP contribution in [0.15, 0.2) is 24.5 Å². The SMILES string of the molecule is Cc1nn(CCC#N)c(C)c1CCC(=O)Nc1cccnc1. The van der Waals surface area contributed by atoms with Crippen LogP contribution in [0.2, 0.25) is 0 Å². The first-order chi connectivity index (χ1) is 10.6. The molecule has 1 amide bonds. The molecule has 0 aliphatic carbocycles. The molecular weight excluding hydrogens is 278 g/mol. The molecule has 0 radical (unpaired) electrons. The van der Waals surface area contributed by atoms with Gasteiger partial charge in [0.1, 0.15) is 0 Å². The Morgan fingerprint density at radius 2 is 2.27 bits per heavy atom. The molecule has 0 saturated heterocycles. The number of carbonyl (C=O) groups is 1. The molecule has 0 saturated carbocycles. The Bertz CT molecular complexity index is 685. The van der Waals surface area contributed by atoms with Gasteiger partial charge in [-0.25, -0.2) is 0 Å². The van der Waals surface area contributed by atoms with Crippen LogP contribution in [-0.4, -0.2) is 20.7 Å². The highest BCUT2D eigenvalue weighted by Gasteiger charge is 2.13. The van der Waals surface area contributed by atoms with Crippen LogP contribution in [0.1, 0.15) is 29.8 Å². The monoisotopic (exact) mass is 297 g/mol. The summed E-state index contributed by atoms with van der Waals surface area (Å²) in [6, 6.07) is 5.71. The van der Waals surface area contributed by atoms with E-state index in [0.29, 0.717) is 31.5 Å². The maximum atomic E-state index is 12.0. The Hall–Kier alpha value is -2.68. The Morgan fingerprint density at radius 3 is 2.95 bits per heavy atom. The zero-order valence-electron chi connectivity index (χ0n) is 12.8. The van der Waals surface area contributed by atoms with Gasteiger partial charge < -0.3 is 5.32 Å². The van der Waals surface area contributed by atoms with Crippen molar-refractivity contribution in [2.75, 3.05) is 5.32 Å². The fourth-order valence-corrected chi connectivity index (χ4v) is 2.37. The van der Waals surface area contributed by atoms with Crippen molar-refractivity contribution in [2.45, 2.75) is 39.7 Å².